The minimum atomic E-state index is -1.12. The van der Waals surface area contributed by atoms with Gasteiger partial charge in [0.15, 0.2) is 17.5 Å². The first kappa shape index (κ1) is 13.2. The zero-order chi connectivity index (χ0) is 14.0. The maximum Gasteiger partial charge on any atom is 0.331 e. The summed E-state index contributed by atoms with van der Waals surface area (Å²) in [5, 5.41) is 19.0. The Kier molecular flexibility index (Phi) is 3.59. The van der Waals surface area contributed by atoms with Crippen LogP contribution in [0.25, 0.3) is 0 Å². The maximum absolute atomic E-state index is 11.4. The monoisotopic (exact) mass is 265 g/mol. The number of hydrogen-bond donors (Lipinski definition) is 2. The predicted molar refractivity (Wildman–Crippen MR) is 66.0 cm³/mol. The Morgan fingerprint density at radius 3 is 2.63 bits per heavy atom. The topological polar surface area (TPSA) is 87.1 Å². The third kappa shape index (κ3) is 2.62. The van der Waals surface area contributed by atoms with E-state index < -0.39 is 12.0 Å². The first-order valence-corrected chi connectivity index (χ1v) is 5.91. The quantitative estimate of drug-likeness (QED) is 0.753. The molecule has 0 spiro atoms. The molecule has 1 aliphatic rings. The summed E-state index contributed by atoms with van der Waals surface area (Å²) in [6, 6.07) is 3.23. The van der Waals surface area contributed by atoms with Crippen molar-refractivity contribution in [3.8, 4) is 11.5 Å². The molecular weight excluding hydrogens is 250 g/mol. The SMILES string of the molecule is COc1ccc(C(C(=O)O)N(C=O)C2CC2)cc1O. The standard InChI is InChI=1S/C13H15NO5/c1-19-11-5-2-8(6-10(11)16)12(13(17)18)14(7-15)9-3-4-9/h2,5-7,9,12,16H,3-4H2,1H3,(H,17,18). The minimum Gasteiger partial charge on any atom is -0.504 e. The van der Waals surface area contributed by atoms with Gasteiger partial charge in [0.25, 0.3) is 0 Å². The second-order valence-electron chi connectivity index (χ2n) is 4.46. The Morgan fingerprint density at radius 1 is 1.53 bits per heavy atom. The van der Waals surface area contributed by atoms with Gasteiger partial charge in [0.2, 0.25) is 6.41 Å². The number of carboxylic acids is 1. The second kappa shape index (κ2) is 5.17. The molecule has 2 rings (SSSR count). The number of aliphatic carboxylic acids is 1. The largest absolute Gasteiger partial charge is 0.504 e. The first-order valence-electron chi connectivity index (χ1n) is 5.91. The summed E-state index contributed by atoms with van der Waals surface area (Å²) in [7, 11) is 1.41. The molecule has 102 valence electrons. The number of benzene rings is 1. The van der Waals surface area contributed by atoms with E-state index in [0.717, 1.165) is 12.8 Å². The number of nitrogens with zero attached hydrogens (tertiary/aromatic N) is 1. The van der Waals surface area contributed by atoms with Gasteiger partial charge in [-0.2, -0.15) is 0 Å². The summed E-state index contributed by atoms with van der Waals surface area (Å²) in [5.74, 6) is -1.01. The van der Waals surface area contributed by atoms with E-state index in [1.54, 1.807) is 0 Å². The van der Waals surface area contributed by atoms with Crippen LogP contribution in [-0.4, -0.2) is 40.6 Å². The average Bonchev–Trinajstić information content (AvgIpc) is 3.19. The van der Waals surface area contributed by atoms with Crippen molar-refractivity contribution in [2.24, 2.45) is 0 Å². The second-order valence-corrected chi connectivity index (χ2v) is 4.46. The average molecular weight is 265 g/mol. The number of carboxylic acid groups (broad SMARTS) is 1. The highest BCUT2D eigenvalue weighted by molar-refractivity contribution is 5.78. The van der Waals surface area contributed by atoms with Crippen LogP contribution in [0.4, 0.5) is 0 Å². The number of aromatic hydroxyl groups is 1. The van der Waals surface area contributed by atoms with Gasteiger partial charge >= 0.3 is 5.97 Å². The molecule has 0 aromatic heterocycles. The van der Waals surface area contributed by atoms with E-state index in [1.165, 1.54) is 30.2 Å². The molecule has 1 amide bonds. The summed E-state index contributed by atoms with van der Waals surface area (Å²) in [4.78, 5) is 23.8. The van der Waals surface area contributed by atoms with E-state index in [4.69, 9.17) is 4.74 Å². The summed E-state index contributed by atoms with van der Waals surface area (Å²) < 4.78 is 4.91. The van der Waals surface area contributed by atoms with Crippen LogP contribution in [0.2, 0.25) is 0 Å². The number of hydrogen-bond acceptors (Lipinski definition) is 4. The van der Waals surface area contributed by atoms with Gasteiger partial charge in [0.05, 0.1) is 7.11 Å². The Morgan fingerprint density at radius 2 is 2.21 bits per heavy atom. The molecule has 1 aromatic carbocycles. The molecule has 1 aliphatic carbocycles. The van der Waals surface area contributed by atoms with Gasteiger partial charge in [-0.1, -0.05) is 6.07 Å². The summed E-state index contributed by atoms with van der Waals surface area (Å²) >= 11 is 0. The lowest BCUT2D eigenvalue weighted by molar-refractivity contribution is -0.147. The van der Waals surface area contributed by atoms with Crippen LogP contribution >= 0.6 is 0 Å². The molecule has 6 nitrogen and oxygen atoms in total. The molecule has 1 atom stereocenters. The van der Waals surface area contributed by atoms with Crippen LogP contribution < -0.4 is 4.74 Å². The Bertz CT molecular complexity index is 498. The summed E-state index contributed by atoms with van der Waals surface area (Å²) in [6.45, 7) is 0. The van der Waals surface area contributed by atoms with Crippen LogP contribution in [-0.2, 0) is 9.59 Å². The van der Waals surface area contributed by atoms with Crippen molar-refractivity contribution in [3.63, 3.8) is 0 Å². The van der Waals surface area contributed by atoms with Crippen molar-refractivity contribution < 1.29 is 24.5 Å². The van der Waals surface area contributed by atoms with Gasteiger partial charge in [-0.15, -0.1) is 0 Å². The highest BCUT2D eigenvalue weighted by Crippen LogP contribution is 2.36. The highest BCUT2D eigenvalue weighted by Gasteiger charge is 2.37. The number of phenols is 1. The van der Waals surface area contributed by atoms with Crippen molar-refractivity contribution in [1.82, 2.24) is 4.90 Å². The predicted octanol–water partition coefficient (Wildman–Crippen LogP) is 1.15. The van der Waals surface area contributed by atoms with Gasteiger partial charge in [0.1, 0.15) is 0 Å². The van der Waals surface area contributed by atoms with Gasteiger partial charge in [-0.3, -0.25) is 4.79 Å². The minimum absolute atomic E-state index is 0.0251. The molecule has 0 heterocycles. The van der Waals surface area contributed by atoms with Crippen LogP contribution in [0.3, 0.4) is 0 Å². The number of phenolic OH excluding ortho intramolecular Hbond substituents is 1. The number of rotatable bonds is 6. The summed E-state index contributed by atoms with van der Waals surface area (Å²) in [5.41, 5.74) is 0.352. The van der Waals surface area contributed by atoms with Crippen molar-refractivity contribution in [2.45, 2.75) is 24.9 Å². The van der Waals surface area contributed by atoms with Crippen molar-refractivity contribution >= 4 is 12.4 Å². The Balaban J connectivity index is 2.35. The summed E-state index contributed by atoms with van der Waals surface area (Å²) in [6.07, 6.45) is 2.17. The molecule has 0 aliphatic heterocycles. The normalized spacial score (nSPS) is 15.6. The molecule has 2 N–H and O–H groups in total. The maximum atomic E-state index is 11.4. The molecular formula is C13H15NO5. The van der Waals surface area contributed by atoms with Crippen LogP contribution in [0, 0.1) is 0 Å². The smallest absolute Gasteiger partial charge is 0.331 e. The van der Waals surface area contributed by atoms with E-state index in [2.05, 4.69) is 0 Å². The van der Waals surface area contributed by atoms with Crippen molar-refractivity contribution in [2.75, 3.05) is 7.11 Å². The van der Waals surface area contributed by atoms with E-state index in [-0.39, 0.29) is 17.5 Å². The fraction of sp³-hybridized carbons (Fsp3) is 0.385. The molecule has 1 aromatic rings. The van der Waals surface area contributed by atoms with Crippen molar-refractivity contribution in [3.05, 3.63) is 23.8 Å². The number of ether oxygens (including phenoxy) is 1. The van der Waals surface area contributed by atoms with Crippen LogP contribution in [0.1, 0.15) is 24.4 Å². The molecule has 1 saturated carbocycles. The van der Waals surface area contributed by atoms with E-state index >= 15 is 0 Å². The third-order valence-corrected chi connectivity index (χ3v) is 3.14. The van der Waals surface area contributed by atoms with Crippen LogP contribution in [0.5, 0.6) is 11.5 Å². The molecule has 1 unspecified atom stereocenters. The first-order chi connectivity index (χ1) is 9.08. The fourth-order valence-electron chi connectivity index (χ4n) is 2.05. The van der Waals surface area contributed by atoms with E-state index in [1.807, 2.05) is 0 Å². The zero-order valence-corrected chi connectivity index (χ0v) is 10.4. The zero-order valence-electron chi connectivity index (χ0n) is 10.4. The lowest BCUT2D eigenvalue weighted by Crippen LogP contribution is -2.34. The number of methoxy groups -OCH3 is 1. The van der Waals surface area contributed by atoms with E-state index in [9.17, 15) is 19.8 Å². The lowest BCUT2D eigenvalue weighted by Gasteiger charge is -2.25. The number of carbonyl (C=O) groups is 2. The Labute approximate surface area is 110 Å². The van der Waals surface area contributed by atoms with Gasteiger partial charge in [-0.05, 0) is 30.5 Å². The van der Waals surface area contributed by atoms with E-state index in [0.29, 0.717) is 12.0 Å². The molecule has 19 heavy (non-hydrogen) atoms. The number of carbonyl (C=O) groups excluding carboxylic acids is 1. The lowest BCUT2D eigenvalue weighted by atomic mass is 10.0. The number of amides is 1. The third-order valence-electron chi connectivity index (χ3n) is 3.14. The molecule has 0 bridgehead atoms. The van der Waals surface area contributed by atoms with Gasteiger partial charge in [0, 0.05) is 6.04 Å². The molecule has 0 saturated heterocycles. The molecule has 6 heteroatoms. The Hall–Kier alpha value is -2.24. The van der Waals surface area contributed by atoms with Gasteiger partial charge < -0.3 is 19.8 Å². The van der Waals surface area contributed by atoms with Gasteiger partial charge in [-0.25, -0.2) is 4.79 Å². The molecule has 1 fully saturated rings. The molecule has 0 radical (unpaired) electrons. The highest BCUT2D eigenvalue weighted by atomic mass is 16.5. The van der Waals surface area contributed by atoms with Crippen molar-refractivity contribution in [1.29, 1.82) is 0 Å². The fourth-order valence-corrected chi connectivity index (χ4v) is 2.05. The van der Waals surface area contributed by atoms with Crippen LogP contribution in [0.15, 0.2) is 18.2 Å².